The van der Waals surface area contributed by atoms with Gasteiger partial charge < -0.3 is 20.1 Å². The molecule has 1 heterocycles. The van der Waals surface area contributed by atoms with Crippen LogP contribution in [0.4, 0.5) is 0 Å². The molecule has 3 N–H and O–H groups in total. The Morgan fingerprint density at radius 3 is 2.64 bits per heavy atom. The molecular formula is C20H22N2O3. The molecule has 1 aromatic heterocycles. The standard InChI is InChI=1S/C20H22N2O3/c1-13(2)25-17-7-5-15(6-8-17)19(23)12-22-20(24)16-4-3-14-9-10-21-18(14)11-16/h3-11,13,19,21,23H,12H2,1-2H3,(H,22,24). The molecule has 0 spiro atoms. The van der Waals surface area contributed by atoms with Crippen molar-refractivity contribution in [1.29, 1.82) is 0 Å². The molecule has 0 fully saturated rings. The zero-order valence-electron chi connectivity index (χ0n) is 14.3. The van der Waals surface area contributed by atoms with Crippen LogP contribution in [0, 0.1) is 0 Å². The number of benzene rings is 2. The molecule has 130 valence electrons. The lowest BCUT2D eigenvalue weighted by molar-refractivity contribution is 0.0916. The third-order valence-electron chi connectivity index (χ3n) is 3.91. The van der Waals surface area contributed by atoms with Crippen molar-refractivity contribution in [2.45, 2.75) is 26.1 Å². The number of fused-ring (bicyclic) bond motifs is 1. The van der Waals surface area contributed by atoms with Crippen LogP contribution < -0.4 is 10.1 Å². The first-order chi connectivity index (χ1) is 12.0. The lowest BCUT2D eigenvalue weighted by Gasteiger charge is -2.14. The highest BCUT2D eigenvalue weighted by atomic mass is 16.5. The first-order valence-electron chi connectivity index (χ1n) is 8.33. The van der Waals surface area contributed by atoms with Gasteiger partial charge in [-0.3, -0.25) is 4.79 Å². The van der Waals surface area contributed by atoms with Gasteiger partial charge in [-0.2, -0.15) is 0 Å². The fraction of sp³-hybridized carbons (Fsp3) is 0.250. The Labute approximate surface area is 146 Å². The van der Waals surface area contributed by atoms with Crippen LogP contribution in [-0.4, -0.2) is 28.6 Å². The summed E-state index contributed by atoms with van der Waals surface area (Å²) in [5.41, 5.74) is 2.20. The molecule has 5 heteroatoms. The smallest absolute Gasteiger partial charge is 0.251 e. The van der Waals surface area contributed by atoms with E-state index in [0.717, 1.165) is 22.2 Å². The lowest BCUT2D eigenvalue weighted by atomic mass is 10.1. The number of ether oxygens (including phenoxy) is 1. The van der Waals surface area contributed by atoms with E-state index in [2.05, 4.69) is 10.3 Å². The summed E-state index contributed by atoms with van der Waals surface area (Å²) in [6.07, 6.45) is 1.17. The monoisotopic (exact) mass is 338 g/mol. The number of aromatic nitrogens is 1. The second-order valence-electron chi connectivity index (χ2n) is 6.24. The van der Waals surface area contributed by atoms with Crippen molar-refractivity contribution in [2.24, 2.45) is 0 Å². The molecule has 1 amide bonds. The van der Waals surface area contributed by atoms with Crippen molar-refractivity contribution >= 4 is 16.8 Å². The third-order valence-corrected chi connectivity index (χ3v) is 3.91. The summed E-state index contributed by atoms with van der Waals surface area (Å²) in [6.45, 7) is 4.07. The Balaban J connectivity index is 1.59. The zero-order chi connectivity index (χ0) is 17.8. The maximum Gasteiger partial charge on any atom is 0.251 e. The van der Waals surface area contributed by atoms with Crippen molar-refractivity contribution in [3.63, 3.8) is 0 Å². The van der Waals surface area contributed by atoms with E-state index in [1.807, 2.05) is 44.3 Å². The summed E-state index contributed by atoms with van der Waals surface area (Å²) in [7, 11) is 0. The number of carbonyl (C=O) groups excluding carboxylic acids is 1. The van der Waals surface area contributed by atoms with Gasteiger partial charge in [-0.15, -0.1) is 0 Å². The average Bonchev–Trinajstić information content (AvgIpc) is 3.07. The topological polar surface area (TPSA) is 74.3 Å². The maximum absolute atomic E-state index is 12.3. The van der Waals surface area contributed by atoms with Gasteiger partial charge in [0.1, 0.15) is 5.75 Å². The fourth-order valence-electron chi connectivity index (χ4n) is 2.64. The molecule has 0 aliphatic carbocycles. The molecule has 0 radical (unpaired) electrons. The predicted molar refractivity (Wildman–Crippen MR) is 97.8 cm³/mol. The number of H-pyrrole nitrogens is 1. The van der Waals surface area contributed by atoms with E-state index < -0.39 is 6.10 Å². The highest BCUT2D eigenvalue weighted by Gasteiger charge is 2.12. The number of aromatic amines is 1. The van der Waals surface area contributed by atoms with Crippen molar-refractivity contribution in [3.05, 3.63) is 65.9 Å². The van der Waals surface area contributed by atoms with Gasteiger partial charge in [-0.25, -0.2) is 0 Å². The molecule has 2 aromatic carbocycles. The highest BCUT2D eigenvalue weighted by Crippen LogP contribution is 2.19. The van der Waals surface area contributed by atoms with E-state index in [4.69, 9.17) is 4.74 Å². The number of aliphatic hydroxyl groups is 1. The molecule has 3 rings (SSSR count). The summed E-state index contributed by atoms with van der Waals surface area (Å²) in [4.78, 5) is 15.3. The first kappa shape index (κ1) is 17.0. The second-order valence-corrected chi connectivity index (χ2v) is 6.24. The van der Waals surface area contributed by atoms with Crippen LogP contribution in [0.1, 0.15) is 35.9 Å². The van der Waals surface area contributed by atoms with Crippen LogP contribution in [0.2, 0.25) is 0 Å². The van der Waals surface area contributed by atoms with E-state index in [1.54, 1.807) is 24.3 Å². The van der Waals surface area contributed by atoms with Gasteiger partial charge in [-0.05, 0) is 55.1 Å². The van der Waals surface area contributed by atoms with Gasteiger partial charge in [0, 0.05) is 23.8 Å². The summed E-state index contributed by atoms with van der Waals surface area (Å²) >= 11 is 0. The molecule has 1 atom stereocenters. The molecule has 5 nitrogen and oxygen atoms in total. The number of nitrogens with one attached hydrogen (secondary N) is 2. The zero-order valence-corrected chi connectivity index (χ0v) is 14.3. The molecular weight excluding hydrogens is 316 g/mol. The molecule has 0 aliphatic heterocycles. The van der Waals surface area contributed by atoms with E-state index in [9.17, 15) is 9.90 Å². The Hall–Kier alpha value is -2.79. The number of amides is 1. The Morgan fingerprint density at radius 2 is 1.92 bits per heavy atom. The van der Waals surface area contributed by atoms with Gasteiger partial charge in [-0.1, -0.05) is 18.2 Å². The van der Waals surface area contributed by atoms with Gasteiger partial charge in [0.2, 0.25) is 0 Å². The van der Waals surface area contributed by atoms with Gasteiger partial charge in [0.05, 0.1) is 12.2 Å². The molecule has 1 unspecified atom stereocenters. The molecule has 0 bridgehead atoms. The normalized spacial score (nSPS) is 12.3. The Bertz CT molecular complexity index is 853. The number of hydrogen-bond donors (Lipinski definition) is 3. The summed E-state index contributed by atoms with van der Waals surface area (Å²) < 4.78 is 5.58. The molecule has 25 heavy (non-hydrogen) atoms. The minimum absolute atomic E-state index is 0.104. The Kier molecular flexibility index (Phi) is 5.05. The largest absolute Gasteiger partial charge is 0.491 e. The van der Waals surface area contributed by atoms with Crippen LogP contribution in [0.25, 0.3) is 10.9 Å². The molecule has 0 saturated carbocycles. The number of aliphatic hydroxyl groups excluding tert-OH is 1. The summed E-state index contributed by atoms with van der Waals surface area (Å²) in [5.74, 6) is 0.546. The fourth-order valence-corrected chi connectivity index (χ4v) is 2.64. The third kappa shape index (κ3) is 4.19. The predicted octanol–water partition coefficient (Wildman–Crippen LogP) is 3.42. The van der Waals surface area contributed by atoms with Crippen molar-refractivity contribution in [3.8, 4) is 5.75 Å². The van der Waals surface area contributed by atoms with Crippen LogP contribution in [0.3, 0.4) is 0 Å². The Morgan fingerprint density at radius 1 is 1.16 bits per heavy atom. The lowest BCUT2D eigenvalue weighted by Crippen LogP contribution is -2.28. The van der Waals surface area contributed by atoms with Crippen molar-refractivity contribution in [2.75, 3.05) is 6.54 Å². The van der Waals surface area contributed by atoms with E-state index in [0.29, 0.717) is 5.56 Å². The number of carbonyl (C=O) groups is 1. The maximum atomic E-state index is 12.3. The van der Waals surface area contributed by atoms with E-state index in [-0.39, 0.29) is 18.6 Å². The van der Waals surface area contributed by atoms with Gasteiger partial charge >= 0.3 is 0 Å². The van der Waals surface area contributed by atoms with Crippen LogP contribution in [0.15, 0.2) is 54.7 Å². The van der Waals surface area contributed by atoms with Crippen LogP contribution in [-0.2, 0) is 0 Å². The van der Waals surface area contributed by atoms with Crippen molar-refractivity contribution < 1.29 is 14.6 Å². The minimum atomic E-state index is -0.772. The molecule has 0 saturated heterocycles. The molecule has 3 aromatic rings. The quantitative estimate of drug-likeness (QED) is 0.645. The van der Waals surface area contributed by atoms with Gasteiger partial charge in [0.25, 0.3) is 5.91 Å². The number of rotatable bonds is 6. The van der Waals surface area contributed by atoms with Crippen LogP contribution >= 0.6 is 0 Å². The highest BCUT2D eigenvalue weighted by molar-refractivity contribution is 5.97. The van der Waals surface area contributed by atoms with Crippen LogP contribution in [0.5, 0.6) is 5.75 Å². The summed E-state index contributed by atoms with van der Waals surface area (Å²) in [6, 6.07) is 14.7. The average molecular weight is 338 g/mol. The van der Waals surface area contributed by atoms with E-state index in [1.165, 1.54) is 0 Å². The number of hydrogen-bond acceptors (Lipinski definition) is 3. The molecule has 0 aliphatic rings. The van der Waals surface area contributed by atoms with Crippen molar-refractivity contribution in [1.82, 2.24) is 10.3 Å². The van der Waals surface area contributed by atoms with Gasteiger partial charge in [0.15, 0.2) is 0 Å². The SMILES string of the molecule is CC(C)Oc1ccc(C(O)CNC(=O)c2ccc3cc[nH]c3c2)cc1. The summed E-state index contributed by atoms with van der Waals surface area (Å²) in [5, 5.41) is 14.1. The first-order valence-corrected chi connectivity index (χ1v) is 8.33. The minimum Gasteiger partial charge on any atom is -0.491 e. The van der Waals surface area contributed by atoms with E-state index >= 15 is 0 Å². The second kappa shape index (κ2) is 7.40.